The van der Waals surface area contributed by atoms with E-state index in [0.29, 0.717) is 61.1 Å². The lowest BCUT2D eigenvalue weighted by Crippen LogP contribution is -2.48. The Labute approximate surface area is 391 Å². The van der Waals surface area contributed by atoms with Crippen molar-refractivity contribution < 1.29 is 36.5 Å². The Kier molecular flexibility index (Phi) is 12.6. The van der Waals surface area contributed by atoms with Crippen LogP contribution in [0.3, 0.4) is 0 Å². The Hall–Kier alpha value is -6.99. The van der Waals surface area contributed by atoms with Gasteiger partial charge in [0.15, 0.2) is 23.3 Å². The maximum absolute atomic E-state index is 13.0. The van der Waals surface area contributed by atoms with Gasteiger partial charge < -0.3 is 19.1 Å². The number of anilines is 6. The minimum absolute atomic E-state index is 0.0364. The van der Waals surface area contributed by atoms with Crippen LogP contribution in [0.15, 0.2) is 86.2 Å². The molecule has 2 N–H and O–H groups in total. The first kappa shape index (κ1) is 46.1. The van der Waals surface area contributed by atoms with Crippen LogP contribution in [-0.2, 0) is 9.31 Å². The number of carbonyl (C=O) groups excluding carboxylic acids is 2. The van der Waals surface area contributed by atoms with Crippen LogP contribution >= 0.6 is 11.6 Å². The summed E-state index contributed by atoms with van der Waals surface area (Å²) in [5, 5.41) is 13.1. The molecule has 11 heterocycles. The van der Waals surface area contributed by atoms with Crippen LogP contribution in [0.25, 0.3) is 11.3 Å². The smallest absolute Gasteiger partial charge is 0.399 e. The first-order valence-electron chi connectivity index (χ1n) is 21.5. The number of pyridine rings is 2. The second-order valence-corrected chi connectivity index (χ2v) is 17.6. The molecule has 5 aliphatic heterocycles. The van der Waals surface area contributed by atoms with E-state index in [1.807, 2.05) is 39.8 Å². The van der Waals surface area contributed by atoms with E-state index in [-0.39, 0.29) is 24.1 Å². The third-order valence-electron chi connectivity index (χ3n) is 12.3. The van der Waals surface area contributed by atoms with Crippen molar-refractivity contribution >= 4 is 70.9 Å². The SMILES string of the molecule is CC1(C)OB(c2cnn(C(F)F)c2)OC1(C)C.O=C(Nc1cnccn1)N1c2nc(-c3cnn(C(F)F)c3)ccc2N2CC[C@H]1C2.O=C(Nc1cnccn1)N1c2nc(Cl)ccc2N2CC[C@H]1C2. The van der Waals surface area contributed by atoms with Crippen LogP contribution in [0.5, 0.6) is 0 Å². The predicted octanol–water partition coefficient (Wildman–Crippen LogP) is 6.49. The molecule has 3 saturated heterocycles. The number of rotatable bonds is 6. The number of hydrogen-bond acceptors (Lipinski definition) is 14. The van der Waals surface area contributed by atoms with Gasteiger partial charge in [-0.3, -0.25) is 30.4 Å². The van der Waals surface area contributed by atoms with E-state index >= 15 is 0 Å². The first-order valence-corrected chi connectivity index (χ1v) is 21.8. The molecule has 0 spiro atoms. The molecule has 4 amide bonds. The topological polar surface area (TPSA) is 203 Å². The predicted molar refractivity (Wildman–Crippen MR) is 243 cm³/mol. The van der Waals surface area contributed by atoms with E-state index < -0.39 is 31.4 Å². The van der Waals surface area contributed by atoms with Crippen molar-refractivity contribution in [1.29, 1.82) is 0 Å². The average Bonchev–Trinajstić information content (AvgIpc) is 4.17. The zero-order valence-corrected chi connectivity index (χ0v) is 37.8. The van der Waals surface area contributed by atoms with Crippen molar-refractivity contribution in [1.82, 2.24) is 49.5 Å². The van der Waals surface area contributed by atoms with Gasteiger partial charge in [-0.15, -0.1) is 0 Å². The summed E-state index contributed by atoms with van der Waals surface area (Å²) in [6.07, 6.45) is 16.0. The highest BCUT2D eigenvalue weighted by Crippen LogP contribution is 2.42. The van der Waals surface area contributed by atoms with Crippen molar-refractivity contribution in [2.45, 2.75) is 76.9 Å². The normalized spacial score (nSPS) is 19.2. The summed E-state index contributed by atoms with van der Waals surface area (Å²) in [6.45, 7) is 5.51. The van der Waals surface area contributed by atoms with Crippen molar-refractivity contribution in [3.63, 3.8) is 0 Å². The standard InChI is InChI=1S/C18H16F2N8O.C14H13ClN6O.C10H15BF2N2O2/c19-17(20)27-9-11(7-23-27)13-1-2-14-16(24-13)28(12-3-6-26(14)10-12)18(29)25-15-8-21-4-5-22-15;15-11-2-1-10-13(18-11)21(9-3-6-20(10)8-9)14(22)19-12-7-16-4-5-17-12;1-9(2)10(3,4)17-11(16-9)7-5-14-15(6-7)8(12)13/h1-2,4-5,7-9,12,17H,3,6,10H2,(H,22,25,29);1-2,4-5,7,9H,3,6,8H2,(H,17,19,22);5-6,8H,1-4H3/t12-;9-;/m00./s1. The van der Waals surface area contributed by atoms with Gasteiger partial charge in [0.2, 0.25) is 0 Å². The summed E-state index contributed by atoms with van der Waals surface area (Å²) in [5.41, 5.74) is 2.23. The molecule has 0 aromatic carbocycles. The number of aromatic nitrogens is 10. The number of carbonyl (C=O) groups is 2. The summed E-state index contributed by atoms with van der Waals surface area (Å²) in [6, 6.07) is 6.71. The maximum Gasteiger partial charge on any atom is 0.498 e. The van der Waals surface area contributed by atoms with E-state index in [1.165, 1.54) is 55.8 Å². The molecule has 2 atom stereocenters. The first-order chi connectivity index (χ1) is 32.5. The van der Waals surface area contributed by atoms with E-state index in [4.69, 9.17) is 20.9 Å². The van der Waals surface area contributed by atoms with Crippen molar-refractivity contribution in [2.24, 2.45) is 0 Å². The second-order valence-electron chi connectivity index (χ2n) is 17.2. The van der Waals surface area contributed by atoms with Crippen LogP contribution in [0.1, 0.15) is 53.6 Å². The summed E-state index contributed by atoms with van der Waals surface area (Å²) < 4.78 is 63.1. The Balaban J connectivity index is 0.000000132. The van der Waals surface area contributed by atoms with Crippen LogP contribution in [0, 0.1) is 0 Å². The molecular weight excluding hydrogens is 915 g/mol. The Morgan fingerprint density at radius 1 is 0.706 bits per heavy atom. The van der Waals surface area contributed by atoms with Crippen molar-refractivity contribution in [3.8, 4) is 11.3 Å². The molecule has 4 bridgehead atoms. The monoisotopic (exact) mass is 958 g/mol. The number of alkyl halides is 4. The summed E-state index contributed by atoms with van der Waals surface area (Å²) >= 11 is 6.01. The lowest BCUT2D eigenvalue weighted by molar-refractivity contribution is 0.00578. The maximum atomic E-state index is 13.0. The minimum atomic E-state index is -2.72. The summed E-state index contributed by atoms with van der Waals surface area (Å²) in [4.78, 5) is 58.4. The molecule has 11 rings (SSSR count). The lowest BCUT2D eigenvalue weighted by Gasteiger charge is -2.35. The molecule has 26 heteroatoms. The van der Waals surface area contributed by atoms with E-state index in [1.54, 1.807) is 28.1 Å². The highest BCUT2D eigenvalue weighted by molar-refractivity contribution is 6.62. The van der Waals surface area contributed by atoms with Crippen molar-refractivity contribution in [2.75, 3.05) is 56.4 Å². The Morgan fingerprint density at radius 3 is 1.72 bits per heavy atom. The van der Waals surface area contributed by atoms with Gasteiger partial charge in [0.25, 0.3) is 0 Å². The molecule has 354 valence electrons. The molecule has 0 radical (unpaired) electrons. The molecule has 0 saturated carbocycles. The molecule has 3 fully saturated rings. The number of nitrogens with one attached hydrogen (secondary N) is 2. The van der Waals surface area contributed by atoms with Crippen LogP contribution < -0.4 is 35.7 Å². The quantitative estimate of drug-likeness (QED) is 0.104. The third-order valence-corrected chi connectivity index (χ3v) is 12.6. The van der Waals surface area contributed by atoms with E-state index in [0.717, 1.165) is 43.9 Å². The van der Waals surface area contributed by atoms with Gasteiger partial charge in [-0.25, -0.2) is 38.9 Å². The molecular formula is C42H44BClF4N16O4. The fourth-order valence-electron chi connectivity index (χ4n) is 8.28. The van der Waals surface area contributed by atoms with Crippen LogP contribution in [0.2, 0.25) is 5.15 Å². The number of nitrogens with zero attached hydrogens (tertiary/aromatic N) is 14. The average molecular weight is 959 g/mol. The van der Waals surface area contributed by atoms with Gasteiger partial charge in [-0.2, -0.15) is 27.8 Å². The van der Waals surface area contributed by atoms with E-state index in [2.05, 4.69) is 60.5 Å². The number of amides is 4. The van der Waals surface area contributed by atoms with Crippen LogP contribution in [-0.4, -0.2) is 118 Å². The zero-order valence-electron chi connectivity index (χ0n) is 37.0. The van der Waals surface area contributed by atoms with E-state index in [9.17, 15) is 27.2 Å². The van der Waals surface area contributed by atoms with Crippen LogP contribution in [0.4, 0.5) is 61.8 Å². The van der Waals surface area contributed by atoms with Gasteiger partial charge in [0, 0.05) is 80.6 Å². The third kappa shape index (κ3) is 9.32. The molecule has 5 aliphatic rings. The molecule has 6 aromatic heterocycles. The number of halogens is 5. The van der Waals surface area contributed by atoms with Gasteiger partial charge in [-0.05, 0) is 64.8 Å². The Morgan fingerprint density at radius 2 is 1.22 bits per heavy atom. The fourth-order valence-corrected chi connectivity index (χ4v) is 8.43. The van der Waals surface area contributed by atoms with Gasteiger partial charge in [0.05, 0.1) is 58.9 Å². The largest absolute Gasteiger partial charge is 0.498 e. The number of fused-ring (bicyclic) bond motifs is 8. The second kappa shape index (κ2) is 18.6. The highest BCUT2D eigenvalue weighted by Gasteiger charge is 2.52. The number of hydrogen-bond donors (Lipinski definition) is 2. The molecule has 6 aromatic rings. The van der Waals surface area contributed by atoms with Gasteiger partial charge >= 0.3 is 32.3 Å². The highest BCUT2D eigenvalue weighted by atomic mass is 35.5. The lowest BCUT2D eigenvalue weighted by atomic mass is 9.82. The van der Waals surface area contributed by atoms with Crippen molar-refractivity contribution in [3.05, 3.63) is 91.4 Å². The van der Waals surface area contributed by atoms with Gasteiger partial charge in [0.1, 0.15) is 5.15 Å². The van der Waals surface area contributed by atoms with Gasteiger partial charge in [-0.1, -0.05) is 11.6 Å². The fraction of sp³-hybridized carbons (Fsp3) is 0.381. The number of urea groups is 2. The molecule has 0 unspecified atom stereocenters. The zero-order chi connectivity index (χ0) is 47.9. The Bertz CT molecular complexity index is 2760. The molecule has 20 nitrogen and oxygen atoms in total. The minimum Gasteiger partial charge on any atom is -0.399 e. The summed E-state index contributed by atoms with van der Waals surface area (Å²) in [7, 11) is -0.646. The summed E-state index contributed by atoms with van der Waals surface area (Å²) in [5.74, 6) is 1.84. The molecule has 0 aliphatic carbocycles. The molecule has 68 heavy (non-hydrogen) atoms.